The van der Waals surface area contributed by atoms with Crippen molar-refractivity contribution in [3.05, 3.63) is 108 Å². The summed E-state index contributed by atoms with van der Waals surface area (Å²) in [4.78, 5) is 32.2. The SMILES string of the molecule is CC(C)(C)OC(=O)N(CCc1ccccn1)c1ccc(NC(=O)c2ccccc2-c2ccc(OCC(F)(F)F)cc2)cc1. The summed E-state index contributed by atoms with van der Waals surface area (Å²) in [5.74, 6) is -0.302. The molecule has 7 nitrogen and oxygen atoms in total. The maximum atomic E-state index is 13.3. The van der Waals surface area contributed by atoms with Gasteiger partial charge >= 0.3 is 12.3 Å². The molecule has 4 aromatic rings. The highest BCUT2D eigenvalue weighted by Gasteiger charge is 2.28. The molecule has 1 N–H and O–H groups in total. The van der Waals surface area contributed by atoms with Crippen molar-refractivity contribution in [1.29, 1.82) is 0 Å². The Hall–Kier alpha value is -4.86. The van der Waals surface area contributed by atoms with Crippen molar-refractivity contribution in [2.45, 2.75) is 39.0 Å². The summed E-state index contributed by atoms with van der Waals surface area (Å²) in [6.45, 7) is 4.35. The predicted molar refractivity (Wildman–Crippen MR) is 159 cm³/mol. The first-order valence-electron chi connectivity index (χ1n) is 13.6. The zero-order valence-electron chi connectivity index (χ0n) is 24.0. The van der Waals surface area contributed by atoms with E-state index >= 15 is 0 Å². The minimum atomic E-state index is -4.44. The van der Waals surface area contributed by atoms with Crippen LogP contribution in [-0.4, -0.2) is 41.9 Å². The first kappa shape index (κ1) is 31.1. The van der Waals surface area contributed by atoms with E-state index in [0.717, 1.165) is 5.69 Å². The van der Waals surface area contributed by atoms with Gasteiger partial charge in [0.1, 0.15) is 11.4 Å². The lowest BCUT2D eigenvalue weighted by molar-refractivity contribution is -0.153. The van der Waals surface area contributed by atoms with Crippen LogP contribution in [0.1, 0.15) is 36.8 Å². The number of benzene rings is 3. The van der Waals surface area contributed by atoms with Gasteiger partial charge in [-0.1, -0.05) is 36.4 Å². The Morgan fingerprint density at radius 2 is 1.53 bits per heavy atom. The lowest BCUT2D eigenvalue weighted by atomic mass is 9.99. The van der Waals surface area contributed by atoms with Crippen LogP contribution in [0.2, 0.25) is 0 Å². The molecule has 0 unspecified atom stereocenters. The van der Waals surface area contributed by atoms with Gasteiger partial charge in [0.15, 0.2) is 6.61 Å². The van der Waals surface area contributed by atoms with Crippen LogP contribution < -0.4 is 15.0 Å². The molecule has 1 aromatic heterocycles. The van der Waals surface area contributed by atoms with E-state index in [-0.39, 0.29) is 11.7 Å². The van der Waals surface area contributed by atoms with Crippen LogP contribution in [0.5, 0.6) is 5.75 Å². The zero-order chi connectivity index (χ0) is 31.0. The Morgan fingerprint density at radius 3 is 2.16 bits per heavy atom. The van der Waals surface area contributed by atoms with Crippen LogP contribution in [-0.2, 0) is 11.2 Å². The third kappa shape index (κ3) is 9.32. The van der Waals surface area contributed by atoms with E-state index in [1.54, 1.807) is 87.6 Å². The molecule has 0 saturated carbocycles. The summed E-state index contributed by atoms with van der Waals surface area (Å²) >= 11 is 0. The summed E-state index contributed by atoms with van der Waals surface area (Å²) in [5.41, 5.74) is 2.87. The fourth-order valence-corrected chi connectivity index (χ4v) is 4.17. The Morgan fingerprint density at radius 1 is 0.860 bits per heavy atom. The number of hydrogen-bond acceptors (Lipinski definition) is 5. The van der Waals surface area contributed by atoms with Crippen LogP contribution >= 0.6 is 0 Å². The molecule has 0 aliphatic carbocycles. The van der Waals surface area contributed by atoms with Gasteiger partial charge in [0.2, 0.25) is 0 Å². The summed E-state index contributed by atoms with van der Waals surface area (Å²) in [6.07, 6.45) is -2.71. The fraction of sp³-hybridized carbons (Fsp3) is 0.242. The van der Waals surface area contributed by atoms with Gasteiger partial charge in [-0.25, -0.2) is 4.79 Å². The number of hydrogen-bond donors (Lipinski definition) is 1. The lowest BCUT2D eigenvalue weighted by Gasteiger charge is -2.27. The van der Waals surface area contributed by atoms with Crippen molar-refractivity contribution >= 4 is 23.4 Å². The number of nitrogens with one attached hydrogen (secondary N) is 1. The highest BCUT2D eigenvalue weighted by Crippen LogP contribution is 2.28. The van der Waals surface area contributed by atoms with Gasteiger partial charge in [-0.2, -0.15) is 13.2 Å². The molecular weight excluding hydrogens is 559 g/mol. The molecule has 0 aliphatic rings. The molecule has 0 aliphatic heterocycles. The normalized spacial score (nSPS) is 11.5. The van der Waals surface area contributed by atoms with E-state index in [2.05, 4.69) is 10.3 Å². The van der Waals surface area contributed by atoms with Crippen LogP contribution in [0, 0.1) is 0 Å². The maximum absolute atomic E-state index is 13.3. The second-order valence-electron chi connectivity index (χ2n) is 10.7. The molecule has 4 rings (SSSR count). The number of alkyl halides is 3. The first-order chi connectivity index (χ1) is 20.4. The number of carbonyl (C=O) groups is 2. The molecule has 0 bridgehead atoms. The molecule has 43 heavy (non-hydrogen) atoms. The van der Waals surface area contributed by atoms with Crippen molar-refractivity contribution in [2.75, 3.05) is 23.4 Å². The van der Waals surface area contributed by atoms with E-state index in [1.807, 2.05) is 18.2 Å². The van der Waals surface area contributed by atoms with Gasteiger partial charge in [0, 0.05) is 41.8 Å². The molecule has 0 spiro atoms. The largest absolute Gasteiger partial charge is 0.484 e. The van der Waals surface area contributed by atoms with Crippen LogP contribution in [0.3, 0.4) is 0 Å². The van der Waals surface area contributed by atoms with Gasteiger partial charge in [0.25, 0.3) is 5.91 Å². The molecular formula is C33H32F3N3O4. The average Bonchev–Trinajstić information content (AvgIpc) is 2.96. The highest BCUT2D eigenvalue weighted by molar-refractivity contribution is 6.08. The monoisotopic (exact) mass is 591 g/mol. The maximum Gasteiger partial charge on any atom is 0.422 e. The summed E-state index contributed by atoms with van der Waals surface area (Å²) < 4.78 is 47.8. The lowest BCUT2D eigenvalue weighted by Crippen LogP contribution is -2.38. The number of amides is 2. The minimum absolute atomic E-state index is 0.0727. The smallest absolute Gasteiger partial charge is 0.422 e. The Bertz CT molecular complexity index is 1520. The van der Waals surface area contributed by atoms with E-state index < -0.39 is 24.5 Å². The fourth-order valence-electron chi connectivity index (χ4n) is 4.17. The molecule has 3 aromatic carbocycles. The summed E-state index contributed by atoms with van der Waals surface area (Å²) in [5, 5.41) is 2.87. The van der Waals surface area contributed by atoms with Gasteiger partial charge in [-0.3, -0.25) is 14.7 Å². The average molecular weight is 592 g/mol. The van der Waals surface area contributed by atoms with Crippen LogP contribution in [0.15, 0.2) is 97.2 Å². The quantitative estimate of drug-likeness (QED) is 0.214. The first-order valence-corrected chi connectivity index (χ1v) is 13.6. The minimum Gasteiger partial charge on any atom is -0.484 e. The third-order valence-electron chi connectivity index (χ3n) is 6.11. The number of pyridine rings is 1. The van der Waals surface area contributed by atoms with Gasteiger partial charge < -0.3 is 14.8 Å². The van der Waals surface area contributed by atoms with Gasteiger partial charge in [-0.15, -0.1) is 0 Å². The van der Waals surface area contributed by atoms with Crippen molar-refractivity contribution in [3.63, 3.8) is 0 Å². The number of carbonyl (C=O) groups excluding carboxylic acids is 2. The third-order valence-corrected chi connectivity index (χ3v) is 6.11. The predicted octanol–water partition coefficient (Wildman–Crippen LogP) is 7.93. The second kappa shape index (κ2) is 13.4. The highest BCUT2D eigenvalue weighted by atomic mass is 19.4. The van der Waals surface area contributed by atoms with E-state index in [1.165, 1.54) is 17.0 Å². The molecule has 0 atom stereocenters. The summed E-state index contributed by atoms with van der Waals surface area (Å²) in [6, 6.07) is 25.4. The molecule has 10 heteroatoms. The van der Waals surface area contributed by atoms with Crippen molar-refractivity contribution in [3.8, 4) is 16.9 Å². The molecule has 224 valence electrons. The summed E-state index contributed by atoms with van der Waals surface area (Å²) in [7, 11) is 0. The number of anilines is 2. The Labute approximate surface area is 248 Å². The number of aromatic nitrogens is 1. The molecule has 2 amide bonds. The zero-order valence-corrected chi connectivity index (χ0v) is 24.0. The molecule has 1 heterocycles. The number of rotatable bonds is 9. The number of ether oxygens (including phenoxy) is 2. The molecule has 0 radical (unpaired) electrons. The van der Waals surface area contributed by atoms with Gasteiger partial charge in [-0.05, 0) is 86.5 Å². The number of nitrogens with zero attached hydrogens (tertiary/aromatic N) is 2. The second-order valence-corrected chi connectivity index (χ2v) is 10.7. The van der Waals surface area contributed by atoms with Gasteiger partial charge in [0.05, 0.1) is 0 Å². The number of halogens is 3. The van der Waals surface area contributed by atoms with Crippen molar-refractivity contribution < 1.29 is 32.2 Å². The Kier molecular flexibility index (Phi) is 9.70. The standard InChI is InChI=1S/C33H32F3N3O4/c1-32(2,3)43-31(41)39(21-19-24-8-6-7-20-37-24)26-15-13-25(14-16-26)38-30(40)29-10-5-4-9-28(29)23-11-17-27(18-12-23)42-22-33(34,35)36/h4-18,20H,19,21-22H2,1-3H3,(H,38,40). The van der Waals surface area contributed by atoms with E-state index in [4.69, 9.17) is 9.47 Å². The molecule has 0 fully saturated rings. The van der Waals surface area contributed by atoms with Crippen molar-refractivity contribution in [1.82, 2.24) is 4.98 Å². The van der Waals surface area contributed by atoms with Crippen LogP contribution in [0.25, 0.3) is 11.1 Å². The van der Waals surface area contributed by atoms with Crippen LogP contribution in [0.4, 0.5) is 29.3 Å². The van der Waals surface area contributed by atoms with E-state index in [0.29, 0.717) is 41.0 Å². The Balaban J connectivity index is 1.48. The van der Waals surface area contributed by atoms with E-state index in [9.17, 15) is 22.8 Å². The van der Waals surface area contributed by atoms with Crippen molar-refractivity contribution in [2.24, 2.45) is 0 Å². The molecule has 0 saturated heterocycles. The topological polar surface area (TPSA) is 80.8 Å².